The van der Waals surface area contributed by atoms with E-state index < -0.39 is 11.8 Å². The lowest BCUT2D eigenvalue weighted by Gasteiger charge is -2.05. The second kappa shape index (κ2) is 9.19. The van der Waals surface area contributed by atoms with Gasteiger partial charge in [-0.3, -0.25) is 9.59 Å². The summed E-state index contributed by atoms with van der Waals surface area (Å²) in [6.45, 7) is 0.215. The van der Waals surface area contributed by atoms with Crippen LogP contribution in [0.3, 0.4) is 0 Å². The van der Waals surface area contributed by atoms with Gasteiger partial charge >= 0.3 is 11.8 Å². The molecular formula is C17H15BrClN3O3. The highest BCUT2D eigenvalue weighted by atomic mass is 79.9. The molecule has 0 bridgehead atoms. The average molecular weight is 425 g/mol. The highest BCUT2D eigenvalue weighted by Crippen LogP contribution is 2.21. The molecule has 0 radical (unpaired) electrons. The van der Waals surface area contributed by atoms with Crippen molar-refractivity contribution in [1.82, 2.24) is 10.7 Å². The Morgan fingerprint density at radius 1 is 1.20 bits per heavy atom. The molecule has 0 spiro atoms. The normalized spacial score (nSPS) is 10.5. The van der Waals surface area contributed by atoms with Gasteiger partial charge < -0.3 is 10.1 Å². The molecule has 0 heterocycles. The molecule has 0 saturated heterocycles. The van der Waals surface area contributed by atoms with Crippen LogP contribution >= 0.6 is 27.5 Å². The Morgan fingerprint density at radius 3 is 2.60 bits per heavy atom. The minimum absolute atomic E-state index is 0.215. The second-order valence-electron chi connectivity index (χ2n) is 4.89. The van der Waals surface area contributed by atoms with Crippen molar-refractivity contribution in [2.24, 2.45) is 5.10 Å². The first-order chi connectivity index (χ1) is 12.0. The summed E-state index contributed by atoms with van der Waals surface area (Å²) in [6, 6.07) is 12.3. The van der Waals surface area contributed by atoms with E-state index in [9.17, 15) is 9.59 Å². The molecule has 2 rings (SSSR count). The lowest BCUT2D eigenvalue weighted by atomic mass is 10.2. The summed E-state index contributed by atoms with van der Waals surface area (Å²) < 4.78 is 6.02. The third-order valence-corrected chi connectivity index (χ3v) is 3.88. The number of hydrogen-bond donors (Lipinski definition) is 2. The van der Waals surface area contributed by atoms with Crippen LogP contribution in [0.15, 0.2) is 52.0 Å². The van der Waals surface area contributed by atoms with E-state index in [0.717, 1.165) is 10.0 Å². The Hall–Kier alpha value is -2.38. The van der Waals surface area contributed by atoms with E-state index in [-0.39, 0.29) is 6.54 Å². The monoisotopic (exact) mass is 423 g/mol. The van der Waals surface area contributed by atoms with Crippen LogP contribution < -0.4 is 15.5 Å². The molecular weight excluding hydrogens is 410 g/mol. The number of halogens is 2. The minimum Gasteiger partial charge on any atom is -0.496 e. The standard InChI is InChI=1S/C17H15BrClN3O3/c1-25-15-7-4-13(18)8-12(15)10-21-22-17(24)16(23)20-9-11-2-5-14(19)6-3-11/h2-8,10H,9H2,1H3,(H,20,23)(H,22,24)/b21-10-. The molecule has 0 aliphatic carbocycles. The molecule has 0 fully saturated rings. The summed E-state index contributed by atoms with van der Waals surface area (Å²) >= 11 is 9.12. The molecule has 130 valence electrons. The van der Waals surface area contributed by atoms with Crippen molar-refractivity contribution in [3.8, 4) is 5.75 Å². The van der Waals surface area contributed by atoms with Gasteiger partial charge in [-0.2, -0.15) is 5.10 Å². The predicted octanol–water partition coefficient (Wildman–Crippen LogP) is 2.88. The minimum atomic E-state index is -0.862. The van der Waals surface area contributed by atoms with Gasteiger partial charge in [0.1, 0.15) is 5.75 Å². The number of amides is 2. The number of carbonyl (C=O) groups is 2. The Bertz CT molecular complexity index is 794. The van der Waals surface area contributed by atoms with Crippen LogP contribution in [0.25, 0.3) is 0 Å². The van der Waals surface area contributed by atoms with Gasteiger partial charge in [-0.05, 0) is 35.9 Å². The summed E-state index contributed by atoms with van der Waals surface area (Å²) in [5, 5.41) is 6.88. The number of nitrogens with one attached hydrogen (secondary N) is 2. The van der Waals surface area contributed by atoms with Gasteiger partial charge in [0.2, 0.25) is 0 Å². The Morgan fingerprint density at radius 2 is 1.92 bits per heavy atom. The maximum atomic E-state index is 11.7. The number of hydrogen-bond acceptors (Lipinski definition) is 4. The highest BCUT2D eigenvalue weighted by molar-refractivity contribution is 9.10. The van der Waals surface area contributed by atoms with E-state index in [2.05, 4.69) is 31.8 Å². The Kier molecular flexibility index (Phi) is 6.97. The number of hydrazone groups is 1. The zero-order chi connectivity index (χ0) is 18.2. The lowest BCUT2D eigenvalue weighted by Crippen LogP contribution is -2.37. The Balaban J connectivity index is 1.87. The molecule has 0 aliphatic rings. The number of benzene rings is 2. The summed E-state index contributed by atoms with van der Waals surface area (Å²) in [5.74, 6) is -1.05. The largest absolute Gasteiger partial charge is 0.496 e. The first-order valence-electron chi connectivity index (χ1n) is 7.19. The first-order valence-corrected chi connectivity index (χ1v) is 8.36. The van der Waals surface area contributed by atoms with Gasteiger partial charge in [-0.1, -0.05) is 39.7 Å². The van der Waals surface area contributed by atoms with Crippen LogP contribution in [0.2, 0.25) is 5.02 Å². The van der Waals surface area contributed by atoms with Gasteiger partial charge in [0, 0.05) is 21.6 Å². The number of carbonyl (C=O) groups excluding carboxylic acids is 2. The molecule has 0 aromatic heterocycles. The number of methoxy groups -OCH3 is 1. The van der Waals surface area contributed by atoms with E-state index in [1.54, 1.807) is 36.4 Å². The van der Waals surface area contributed by atoms with E-state index >= 15 is 0 Å². The smallest absolute Gasteiger partial charge is 0.329 e. The van der Waals surface area contributed by atoms with Crippen LogP contribution in [0.1, 0.15) is 11.1 Å². The third kappa shape index (κ3) is 5.88. The van der Waals surface area contributed by atoms with E-state index in [1.807, 2.05) is 6.07 Å². The molecule has 0 unspecified atom stereocenters. The molecule has 2 aromatic rings. The van der Waals surface area contributed by atoms with E-state index in [4.69, 9.17) is 16.3 Å². The van der Waals surface area contributed by atoms with Crippen molar-refractivity contribution in [2.45, 2.75) is 6.54 Å². The van der Waals surface area contributed by atoms with Crippen LogP contribution in [-0.4, -0.2) is 25.1 Å². The molecule has 0 saturated carbocycles. The van der Waals surface area contributed by atoms with Gasteiger partial charge in [-0.15, -0.1) is 0 Å². The molecule has 2 N–H and O–H groups in total. The maximum Gasteiger partial charge on any atom is 0.329 e. The maximum absolute atomic E-state index is 11.7. The first kappa shape index (κ1) is 19.0. The molecule has 2 aromatic carbocycles. The number of rotatable bonds is 5. The van der Waals surface area contributed by atoms with Gasteiger partial charge in [0.15, 0.2) is 0 Å². The fourth-order valence-corrected chi connectivity index (χ4v) is 2.39. The van der Waals surface area contributed by atoms with Crippen molar-refractivity contribution in [1.29, 1.82) is 0 Å². The van der Waals surface area contributed by atoms with Gasteiger partial charge in [0.25, 0.3) is 0 Å². The van der Waals surface area contributed by atoms with Crippen LogP contribution in [-0.2, 0) is 16.1 Å². The molecule has 8 heteroatoms. The van der Waals surface area contributed by atoms with E-state index in [1.165, 1.54) is 13.3 Å². The van der Waals surface area contributed by atoms with Crippen LogP contribution in [0.5, 0.6) is 5.75 Å². The molecule has 25 heavy (non-hydrogen) atoms. The zero-order valence-corrected chi connectivity index (χ0v) is 15.6. The van der Waals surface area contributed by atoms with Crippen molar-refractivity contribution < 1.29 is 14.3 Å². The van der Waals surface area contributed by atoms with E-state index in [0.29, 0.717) is 16.3 Å². The van der Waals surface area contributed by atoms with Gasteiger partial charge in [-0.25, -0.2) is 5.43 Å². The topological polar surface area (TPSA) is 79.8 Å². The zero-order valence-electron chi connectivity index (χ0n) is 13.3. The van der Waals surface area contributed by atoms with Crippen molar-refractivity contribution >= 4 is 45.6 Å². The predicted molar refractivity (Wildman–Crippen MR) is 99.7 cm³/mol. The average Bonchev–Trinajstić information content (AvgIpc) is 2.61. The summed E-state index contributed by atoms with van der Waals surface area (Å²) in [6.07, 6.45) is 1.40. The number of nitrogens with zero attached hydrogens (tertiary/aromatic N) is 1. The second-order valence-corrected chi connectivity index (χ2v) is 6.25. The van der Waals surface area contributed by atoms with Gasteiger partial charge in [0.05, 0.1) is 13.3 Å². The third-order valence-electron chi connectivity index (χ3n) is 3.13. The molecule has 6 nitrogen and oxygen atoms in total. The fourth-order valence-electron chi connectivity index (χ4n) is 1.88. The summed E-state index contributed by atoms with van der Waals surface area (Å²) in [7, 11) is 1.53. The Labute approximate surface area is 158 Å². The summed E-state index contributed by atoms with van der Waals surface area (Å²) in [5.41, 5.74) is 3.65. The number of ether oxygens (including phenoxy) is 1. The van der Waals surface area contributed by atoms with Crippen molar-refractivity contribution in [3.05, 3.63) is 63.1 Å². The quantitative estimate of drug-likeness (QED) is 0.440. The van der Waals surface area contributed by atoms with Crippen LogP contribution in [0.4, 0.5) is 0 Å². The highest BCUT2D eigenvalue weighted by Gasteiger charge is 2.12. The van der Waals surface area contributed by atoms with Crippen molar-refractivity contribution in [3.63, 3.8) is 0 Å². The lowest BCUT2D eigenvalue weighted by molar-refractivity contribution is -0.139. The SMILES string of the molecule is COc1ccc(Br)cc1/C=N\NC(=O)C(=O)NCc1ccc(Cl)cc1. The van der Waals surface area contributed by atoms with Crippen molar-refractivity contribution in [2.75, 3.05) is 7.11 Å². The molecule has 0 aliphatic heterocycles. The molecule has 2 amide bonds. The molecule has 0 atom stereocenters. The fraction of sp³-hybridized carbons (Fsp3) is 0.118. The van der Waals surface area contributed by atoms with Crippen LogP contribution in [0, 0.1) is 0 Å². The summed E-state index contributed by atoms with van der Waals surface area (Å²) in [4.78, 5) is 23.5.